The molecule has 0 bridgehead atoms. The number of pyridine rings is 1. The molecule has 0 aliphatic carbocycles. The van der Waals surface area contributed by atoms with Crippen LogP contribution in [0.5, 0.6) is 11.5 Å². The van der Waals surface area contributed by atoms with Crippen LogP contribution < -0.4 is 10.1 Å². The van der Waals surface area contributed by atoms with E-state index < -0.39 is 0 Å². The molecule has 0 unspecified atom stereocenters. The first-order chi connectivity index (χ1) is 9.10. The van der Waals surface area contributed by atoms with Crippen molar-refractivity contribution >= 4 is 5.69 Å². The summed E-state index contributed by atoms with van der Waals surface area (Å²) in [6.45, 7) is 4.61. The minimum atomic E-state index is 0.152. The van der Waals surface area contributed by atoms with E-state index in [2.05, 4.69) is 10.3 Å². The summed E-state index contributed by atoms with van der Waals surface area (Å²) in [6.07, 6.45) is 0. The molecule has 2 N–H and O–H groups in total. The van der Waals surface area contributed by atoms with Crippen LogP contribution in [0.2, 0.25) is 0 Å². The second-order valence-electron chi connectivity index (χ2n) is 4.45. The highest BCUT2D eigenvalue weighted by molar-refractivity contribution is 5.49. The highest BCUT2D eigenvalue weighted by Gasteiger charge is 2.04. The first-order valence-electron chi connectivity index (χ1n) is 6.14. The molecule has 0 atom stereocenters. The lowest BCUT2D eigenvalue weighted by Gasteiger charge is -2.11. The maximum atomic E-state index is 9.54. The van der Waals surface area contributed by atoms with E-state index in [1.807, 2.05) is 38.1 Å². The second kappa shape index (κ2) is 5.61. The number of phenolic OH excluding ortho intramolecular Hbond substituents is 1. The van der Waals surface area contributed by atoms with Gasteiger partial charge in [-0.05, 0) is 43.7 Å². The first-order valence-corrected chi connectivity index (χ1v) is 6.14. The molecule has 0 saturated heterocycles. The van der Waals surface area contributed by atoms with Crippen molar-refractivity contribution in [3.05, 3.63) is 47.3 Å². The van der Waals surface area contributed by atoms with Gasteiger partial charge in [-0.2, -0.15) is 0 Å². The number of hydrogen-bond acceptors (Lipinski definition) is 4. The summed E-state index contributed by atoms with van der Waals surface area (Å²) in [4.78, 5) is 4.41. The Hall–Kier alpha value is -2.23. The summed E-state index contributed by atoms with van der Waals surface area (Å²) in [5, 5.41) is 12.9. The molecule has 0 fully saturated rings. The third kappa shape index (κ3) is 3.16. The normalized spacial score (nSPS) is 10.3. The Labute approximate surface area is 113 Å². The molecule has 0 radical (unpaired) electrons. The van der Waals surface area contributed by atoms with Gasteiger partial charge < -0.3 is 15.2 Å². The molecule has 100 valence electrons. The molecule has 0 aliphatic rings. The predicted octanol–water partition coefficient (Wildman–Crippen LogP) is 3.02. The van der Waals surface area contributed by atoms with E-state index in [-0.39, 0.29) is 5.75 Å². The SMILES string of the molecule is COc1cc(CNc2ccc(C)nc2C)ccc1O. The number of aromatic hydroxyl groups is 1. The zero-order valence-corrected chi connectivity index (χ0v) is 11.4. The van der Waals surface area contributed by atoms with Gasteiger partial charge in [-0.15, -0.1) is 0 Å². The number of hydrogen-bond donors (Lipinski definition) is 2. The summed E-state index contributed by atoms with van der Waals surface area (Å²) >= 11 is 0. The van der Waals surface area contributed by atoms with Crippen LogP contribution in [-0.2, 0) is 6.54 Å². The van der Waals surface area contributed by atoms with Crippen LogP contribution in [0.1, 0.15) is 17.0 Å². The van der Waals surface area contributed by atoms with Crippen LogP contribution in [0.3, 0.4) is 0 Å². The van der Waals surface area contributed by atoms with Gasteiger partial charge in [0.05, 0.1) is 18.5 Å². The molecule has 0 aliphatic heterocycles. The van der Waals surface area contributed by atoms with Gasteiger partial charge in [0.2, 0.25) is 0 Å². The molecular weight excluding hydrogens is 240 g/mol. The molecule has 0 saturated carbocycles. The van der Waals surface area contributed by atoms with Gasteiger partial charge in [0, 0.05) is 12.2 Å². The standard InChI is InChI=1S/C15H18N2O2/c1-10-4-6-13(11(2)17-10)16-9-12-5-7-14(18)15(8-12)19-3/h4-8,16,18H,9H2,1-3H3. The number of ether oxygens (including phenoxy) is 1. The van der Waals surface area contributed by atoms with Crippen LogP contribution in [0, 0.1) is 13.8 Å². The highest BCUT2D eigenvalue weighted by atomic mass is 16.5. The predicted molar refractivity (Wildman–Crippen MR) is 75.7 cm³/mol. The zero-order valence-electron chi connectivity index (χ0n) is 11.4. The summed E-state index contributed by atoms with van der Waals surface area (Å²) in [5.74, 6) is 0.637. The molecule has 0 amide bonds. The van der Waals surface area contributed by atoms with Crippen molar-refractivity contribution < 1.29 is 9.84 Å². The maximum absolute atomic E-state index is 9.54. The summed E-state index contributed by atoms with van der Waals surface area (Å²) in [6, 6.07) is 9.32. The van der Waals surface area contributed by atoms with Crippen molar-refractivity contribution in [2.75, 3.05) is 12.4 Å². The number of anilines is 1. The maximum Gasteiger partial charge on any atom is 0.160 e. The fourth-order valence-corrected chi connectivity index (χ4v) is 1.90. The minimum Gasteiger partial charge on any atom is -0.504 e. The lowest BCUT2D eigenvalue weighted by atomic mass is 10.2. The fraction of sp³-hybridized carbons (Fsp3) is 0.267. The third-order valence-electron chi connectivity index (χ3n) is 2.95. The lowest BCUT2D eigenvalue weighted by Crippen LogP contribution is -2.02. The Morgan fingerprint density at radius 1 is 1.21 bits per heavy atom. The Morgan fingerprint density at radius 2 is 2.00 bits per heavy atom. The smallest absolute Gasteiger partial charge is 0.160 e. The van der Waals surface area contributed by atoms with Gasteiger partial charge in [-0.3, -0.25) is 4.98 Å². The van der Waals surface area contributed by atoms with Crippen molar-refractivity contribution in [3.8, 4) is 11.5 Å². The number of aryl methyl sites for hydroxylation is 2. The van der Waals surface area contributed by atoms with Gasteiger partial charge in [0.1, 0.15) is 0 Å². The molecule has 4 heteroatoms. The van der Waals surface area contributed by atoms with Crippen molar-refractivity contribution in [1.29, 1.82) is 0 Å². The topological polar surface area (TPSA) is 54.4 Å². The van der Waals surface area contributed by atoms with Crippen LogP contribution in [0.15, 0.2) is 30.3 Å². The lowest BCUT2D eigenvalue weighted by molar-refractivity contribution is 0.373. The van der Waals surface area contributed by atoms with Crippen LogP contribution in [0.4, 0.5) is 5.69 Å². The summed E-state index contributed by atoms with van der Waals surface area (Å²) in [7, 11) is 1.54. The molecule has 2 rings (SSSR count). The Morgan fingerprint density at radius 3 is 2.68 bits per heavy atom. The number of methoxy groups -OCH3 is 1. The minimum absolute atomic E-state index is 0.152. The Balaban J connectivity index is 2.10. The van der Waals surface area contributed by atoms with E-state index in [1.54, 1.807) is 13.2 Å². The van der Waals surface area contributed by atoms with E-state index >= 15 is 0 Å². The monoisotopic (exact) mass is 258 g/mol. The average Bonchev–Trinajstić information content (AvgIpc) is 2.39. The Bertz CT molecular complexity index is 582. The number of rotatable bonds is 4. The zero-order chi connectivity index (χ0) is 13.8. The third-order valence-corrected chi connectivity index (χ3v) is 2.95. The molecule has 19 heavy (non-hydrogen) atoms. The van der Waals surface area contributed by atoms with E-state index in [9.17, 15) is 5.11 Å². The van der Waals surface area contributed by atoms with E-state index in [1.165, 1.54) is 0 Å². The van der Waals surface area contributed by atoms with Gasteiger partial charge in [-0.25, -0.2) is 0 Å². The van der Waals surface area contributed by atoms with E-state index in [0.29, 0.717) is 12.3 Å². The number of aromatic nitrogens is 1. The molecule has 2 aromatic rings. The molecule has 0 spiro atoms. The number of nitrogens with one attached hydrogen (secondary N) is 1. The van der Waals surface area contributed by atoms with Crippen molar-refractivity contribution in [3.63, 3.8) is 0 Å². The van der Waals surface area contributed by atoms with Crippen LogP contribution >= 0.6 is 0 Å². The van der Waals surface area contributed by atoms with Crippen molar-refractivity contribution in [2.24, 2.45) is 0 Å². The number of benzene rings is 1. The molecule has 1 aromatic heterocycles. The summed E-state index contributed by atoms with van der Waals surface area (Å²) < 4.78 is 5.09. The quantitative estimate of drug-likeness (QED) is 0.885. The molecule has 1 aromatic carbocycles. The van der Waals surface area contributed by atoms with E-state index in [4.69, 9.17) is 4.74 Å². The Kier molecular flexibility index (Phi) is 3.90. The second-order valence-corrected chi connectivity index (χ2v) is 4.45. The largest absolute Gasteiger partial charge is 0.504 e. The average molecular weight is 258 g/mol. The van der Waals surface area contributed by atoms with Gasteiger partial charge in [-0.1, -0.05) is 6.07 Å². The molecule has 1 heterocycles. The number of nitrogens with zero attached hydrogens (tertiary/aromatic N) is 1. The van der Waals surface area contributed by atoms with Gasteiger partial charge in [0.25, 0.3) is 0 Å². The summed E-state index contributed by atoms with van der Waals surface area (Å²) in [5.41, 5.74) is 4.03. The van der Waals surface area contributed by atoms with Crippen LogP contribution in [-0.4, -0.2) is 17.2 Å². The molecule has 4 nitrogen and oxygen atoms in total. The number of phenols is 1. The molecular formula is C15H18N2O2. The van der Waals surface area contributed by atoms with Crippen LogP contribution in [0.25, 0.3) is 0 Å². The van der Waals surface area contributed by atoms with Crippen molar-refractivity contribution in [1.82, 2.24) is 4.98 Å². The highest BCUT2D eigenvalue weighted by Crippen LogP contribution is 2.26. The first kappa shape index (κ1) is 13.2. The van der Waals surface area contributed by atoms with Gasteiger partial charge in [0.15, 0.2) is 11.5 Å². The van der Waals surface area contributed by atoms with Gasteiger partial charge >= 0.3 is 0 Å². The van der Waals surface area contributed by atoms with Crippen molar-refractivity contribution in [2.45, 2.75) is 20.4 Å². The fourth-order valence-electron chi connectivity index (χ4n) is 1.90. The van der Waals surface area contributed by atoms with E-state index in [0.717, 1.165) is 22.6 Å².